The Bertz CT molecular complexity index is 415. The van der Waals surface area contributed by atoms with Crippen molar-refractivity contribution in [1.29, 1.82) is 0 Å². The Labute approximate surface area is 109 Å². The molecule has 2 rings (SSSR count). The number of hydrogen-bond acceptors (Lipinski definition) is 2. The molecule has 1 aromatic rings. The number of halogens is 1. The van der Waals surface area contributed by atoms with Crippen molar-refractivity contribution in [2.75, 3.05) is 18.0 Å². The molecule has 0 aromatic heterocycles. The smallest absolute Gasteiger partial charge is 0.0410 e. The van der Waals surface area contributed by atoms with Crippen molar-refractivity contribution < 1.29 is 0 Å². The van der Waals surface area contributed by atoms with E-state index in [4.69, 9.17) is 11.6 Å². The lowest BCUT2D eigenvalue weighted by molar-refractivity contribution is 0.301. The fourth-order valence-electron chi connectivity index (χ4n) is 2.79. The molecule has 1 unspecified atom stereocenters. The molecule has 3 heteroatoms. The highest BCUT2D eigenvalue weighted by atomic mass is 35.5. The number of nitrogens with zero attached hydrogens (tertiary/aromatic N) is 1. The van der Waals surface area contributed by atoms with Crippen LogP contribution in [0.5, 0.6) is 0 Å². The van der Waals surface area contributed by atoms with Crippen molar-refractivity contribution in [3.8, 4) is 0 Å². The van der Waals surface area contributed by atoms with Gasteiger partial charge in [0.05, 0.1) is 0 Å². The predicted octanol–water partition coefficient (Wildman–Crippen LogP) is 3.23. The quantitative estimate of drug-likeness (QED) is 0.826. The van der Waals surface area contributed by atoms with Gasteiger partial charge in [0.2, 0.25) is 0 Å². The second-order valence-corrected chi connectivity index (χ2v) is 6.18. The highest BCUT2D eigenvalue weighted by Gasteiger charge is 2.30. The number of benzene rings is 1. The molecule has 1 saturated heterocycles. The average molecular weight is 253 g/mol. The van der Waals surface area contributed by atoms with Crippen molar-refractivity contribution in [2.24, 2.45) is 0 Å². The van der Waals surface area contributed by atoms with Crippen molar-refractivity contribution in [3.05, 3.63) is 28.8 Å². The van der Waals surface area contributed by atoms with Gasteiger partial charge in [0, 0.05) is 35.4 Å². The number of anilines is 1. The van der Waals surface area contributed by atoms with Crippen LogP contribution in [0, 0.1) is 6.92 Å². The van der Waals surface area contributed by atoms with Crippen molar-refractivity contribution in [2.45, 2.75) is 39.3 Å². The third-order valence-corrected chi connectivity index (χ3v) is 3.45. The largest absolute Gasteiger partial charge is 0.368 e. The Morgan fingerprint density at radius 2 is 2.12 bits per heavy atom. The van der Waals surface area contributed by atoms with E-state index in [0.717, 1.165) is 18.1 Å². The van der Waals surface area contributed by atoms with Crippen LogP contribution in [0.15, 0.2) is 18.2 Å². The zero-order valence-corrected chi connectivity index (χ0v) is 11.8. The fourth-order valence-corrected chi connectivity index (χ4v) is 3.01. The van der Waals surface area contributed by atoms with Gasteiger partial charge >= 0.3 is 0 Å². The molecular weight excluding hydrogens is 232 g/mol. The van der Waals surface area contributed by atoms with Gasteiger partial charge in [-0.1, -0.05) is 11.6 Å². The Morgan fingerprint density at radius 3 is 2.71 bits per heavy atom. The summed E-state index contributed by atoms with van der Waals surface area (Å²) in [5.41, 5.74) is 2.71. The molecule has 0 bridgehead atoms. The van der Waals surface area contributed by atoms with Crippen LogP contribution in [0.2, 0.25) is 5.02 Å². The standard InChI is InChI=1S/C14H21ClN2/c1-10-7-12(15)5-6-13(10)17-8-11(2)16-14(3,4)9-17/h5-7,11,16H,8-9H2,1-4H3. The summed E-state index contributed by atoms with van der Waals surface area (Å²) in [7, 11) is 0. The van der Waals surface area contributed by atoms with Crippen LogP contribution in [-0.2, 0) is 0 Å². The molecule has 1 aliphatic heterocycles. The molecule has 0 radical (unpaired) electrons. The summed E-state index contributed by atoms with van der Waals surface area (Å²) in [4.78, 5) is 2.45. The van der Waals surface area contributed by atoms with E-state index in [2.05, 4.69) is 44.0 Å². The van der Waals surface area contributed by atoms with Gasteiger partial charge in [-0.05, 0) is 51.5 Å². The highest BCUT2D eigenvalue weighted by molar-refractivity contribution is 6.30. The Balaban J connectivity index is 2.27. The summed E-state index contributed by atoms with van der Waals surface area (Å²) in [6.07, 6.45) is 0. The maximum Gasteiger partial charge on any atom is 0.0410 e. The van der Waals surface area contributed by atoms with Gasteiger partial charge in [-0.2, -0.15) is 0 Å². The van der Waals surface area contributed by atoms with Crippen molar-refractivity contribution >= 4 is 17.3 Å². The molecule has 0 amide bonds. The molecule has 1 aliphatic rings. The Kier molecular flexibility index (Phi) is 3.37. The lowest BCUT2D eigenvalue weighted by atomic mass is 9.98. The minimum Gasteiger partial charge on any atom is -0.368 e. The second-order valence-electron chi connectivity index (χ2n) is 5.74. The molecule has 94 valence electrons. The highest BCUT2D eigenvalue weighted by Crippen LogP contribution is 2.27. The molecule has 0 aliphatic carbocycles. The van der Waals surface area contributed by atoms with E-state index >= 15 is 0 Å². The van der Waals surface area contributed by atoms with Crippen LogP contribution in [0.3, 0.4) is 0 Å². The molecule has 1 atom stereocenters. The van der Waals surface area contributed by atoms with E-state index in [9.17, 15) is 0 Å². The van der Waals surface area contributed by atoms with Gasteiger partial charge in [0.25, 0.3) is 0 Å². The predicted molar refractivity (Wildman–Crippen MR) is 75.1 cm³/mol. The van der Waals surface area contributed by atoms with E-state index in [1.807, 2.05) is 12.1 Å². The Morgan fingerprint density at radius 1 is 1.41 bits per heavy atom. The van der Waals surface area contributed by atoms with Crippen molar-refractivity contribution in [3.63, 3.8) is 0 Å². The van der Waals surface area contributed by atoms with Crippen LogP contribution in [0.1, 0.15) is 26.3 Å². The van der Waals surface area contributed by atoms with Gasteiger partial charge in [-0.3, -0.25) is 0 Å². The van der Waals surface area contributed by atoms with E-state index in [1.165, 1.54) is 11.3 Å². The average Bonchev–Trinajstić information content (AvgIpc) is 2.13. The van der Waals surface area contributed by atoms with E-state index in [0.29, 0.717) is 6.04 Å². The third kappa shape index (κ3) is 2.93. The van der Waals surface area contributed by atoms with E-state index in [1.54, 1.807) is 0 Å². The topological polar surface area (TPSA) is 15.3 Å². The molecule has 0 saturated carbocycles. The molecule has 0 spiro atoms. The maximum atomic E-state index is 6.01. The summed E-state index contributed by atoms with van der Waals surface area (Å²) >= 11 is 6.01. The number of nitrogens with one attached hydrogen (secondary N) is 1. The van der Waals surface area contributed by atoms with Gasteiger partial charge in [0.15, 0.2) is 0 Å². The van der Waals surface area contributed by atoms with Crippen LogP contribution in [0.25, 0.3) is 0 Å². The number of piperazine rings is 1. The molecule has 2 nitrogen and oxygen atoms in total. The van der Waals surface area contributed by atoms with Gasteiger partial charge < -0.3 is 10.2 Å². The van der Waals surface area contributed by atoms with Crippen molar-refractivity contribution in [1.82, 2.24) is 5.32 Å². The molecular formula is C14H21ClN2. The van der Waals surface area contributed by atoms with E-state index < -0.39 is 0 Å². The molecule has 1 fully saturated rings. The summed E-state index contributed by atoms with van der Waals surface area (Å²) in [6.45, 7) is 10.9. The SMILES string of the molecule is Cc1cc(Cl)ccc1N1CC(C)NC(C)(C)C1. The lowest BCUT2D eigenvalue weighted by Gasteiger charge is -2.44. The summed E-state index contributed by atoms with van der Waals surface area (Å²) < 4.78 is 0. The minimum absolute atomic E-state index is 0.156. The van der Waals surface area contributed by atoms with Crippen LogP contribution < -0.4 is 10.2 Å². The van der Waals surface area contributed by atoms with Crippen LogP contribution in [-0.4, -0.2) is 24.7 Å². The molecule has 1 aromatic carbocycles. The van der Waals surface area contributed by atoms with Gasteiger partial charge in [-0.25, -0.2) is 0 Å². The first-order valence-electron chi connectivity index (χ1n) is 6.16. The summed E-state index contributed by atoms with van der Waals surface area (Å²) in [6, 6.07) is 6.65. The van der Waals surface area contributed by atoms with Crippen LogP contribution >= 0.6 is 11.6 Å². The lowest BCUT2D eigenvalue weighted by Crippen LogP contribution is -2.61. The maximum absolute atomic E-state index is 6.01. The van der Waals surface area contributed by atoms with E-state index in [-0.39, 0.29) is 5.54 Å². The molecule has 17 heavy (non-hydrogen) atoms. The summed E-state index contributed by atoms with van der Waals surface area (Å²) in [5, 5.41) is 4.43. The van der Waals surface area contributed by atoms with Crippen LogP contribution in [0.4, 0.5) is 5.69 Å². The zero-order chi connectivity index (χ0) is 12.6. The second kappa shape index (κ2) is 4.51. The molecule has 1 heterocycles. The first kappa shape index (κ1) is 12.7. The summed E-state index contributed by atoms with van der Waals surface area (Å²) in [5.74, 6) is 0. The Hall–Kier alpha value is -0.730. The number of hydrogen-bond donors (Lipinski definition) is 1. The third-order valence-electron chi connectivity index (χ3n) is 3.22. The van der Waals surface area contributed by atoms with Gasteiger partial charge in [-0.15, -0.1) is 0 Å². The number of aryl methyl sites for hydroxylation is 1. The molecule has 1 N–H and O–H groups in total. The first-order valence-corrected chi connectivity index (χ1v) is 6.54. The normalized spacial score (nSPS) is 23.8. The number of rotatable bonds is 1. The minimum atomic E-state index is 0.156. The van der Waals surface area contributed by atoms with Gasteiger partial charge in [0.1, 0.15) is 0 Å². The monoisotopic (exact) mass is 252 g/mol. The first-order chi connectivity index (χ1) is 7.87. The zero-order valence-electron chi connectivity index (χ0n) is 11.0. The fraction of sp³-hybridized carbons (Fsp3) is 0.571.